The summed E-state index contributed by atoms with van der Waals surface area (Å²) in [7, 11) is -3.34. The van der Waals surface area contributed by atoms with Gasteiger partial charge in [0.05, 0.1) is 21.8 Å². The molecule has 2 N–H and O–H groups in total. The molecule has 0 radical (unpaired) electrons. The largest absolute Gasteiger partial charge is 0.366 e. The van der Waals surface area contributed by atoms with Crippen molar-refractivity contribution in [2.75, 3.05) is 5.75 Å². The third-order valence-electron chi connectivity index (χ3n) is 5.29. The average molecular weight is 336 g/mol. The van der Waals surface area contributed by atoms with E-state index in [1.807, 2.05) is 0 Å². The summed E-state index contributed by atoms with van der Waals surface area (Å²) in [5, 5.41) is 0. The van der Waals surface area contributed by atoms with E-state index in [2.05, 4.69) is 4.98 Å². The molecule has 0 spiro atoms. The molecule has 1 aromatic rings. The molecule has 0 unspecified atom stereocenters. The molecule has 2 aliphatic carbocycles. The molecule has 0 aliphatic heterocycles. The molecule has 126 valence electrons. The molecule has 0 bridgehead atoms. The van der Waals surface area contributed by atoms with Gasteiger partial charge in [-0.15, -0.1) is 0 Å². The van der Waals surface area contributed by atoms with Gasteiger partial charge >= 0.3 is 0 Å². The van der Waals surface area contributed by atoms with Gasteiger partial charge in [0.1, 0.15) is 0 Å². The highest BCUT2D eigenvalue weighted by Crippen LogP contribution is 2.48. The second-order valence-electron chi connectivity index (χ2n) is 6.96. The van der Waals surface area contributed by atoms with Crippen LogP contribution in [0, 0.1) is 12.8 Å². The number of hydrogen-bond donors (Lipinski definition) is 1. The van der Waals surface area contributed by atoms with E-state index in [0.717, 1.165) is 32.1 Å². The summed E-state index contributed by atoms with van der Waals surface area (Å²) in [6.45, 7) is 1.72. The predicted molar refractivity (Wildman–Crippen MR) is 88.8 cm³/mol. The summed E-state index contributed by atoms with van der Waals surface area (Å²) in [5.74, 6) is -0.0667. The van der Waals surface area contributed by atoms with Crippen LogP contribution in [0.2, 0.25) is 0 Å². The number of hydrogen-bond acceptors (Lipinski definition) is 4. The van der Waals surface area contributed by atoms with E-state index in [9.17, 15) is 13.2 Å². The lowest BCUT2D eigenvalue weighted by Crippen LogP contribution is -2.42. The number of nitrogens with zero attached hydrogens (tertiary/aromatic N) is 1. The van der Waals surface area contributed by atoms with E-state index in [4.69, 9.17) is 5.73 Å². The van der Waals surface area contributed by atoms with Crippen LogP contribution in [0.25, 0.3) is 0 Å². The van der Waals surface area contributed by atoms with E-state index < -0.39 is 20.5 Å². The van der Waals surface area contributed by atoms with Gasteiger partial charge in [0.25, 0.3) is 5.91 Å². The maximum atomic E-state index is 13.3. The molecule has 6 heteroatoms. The molecule has 0 saturated heterocycles. The minimum atomic E-state index is -3.34. The van der Waals surface area contributed by atoms with Crippen LogP contribution < -0.4 is 5.73 Å². The quantitative estimate of drug-likeness (QED) is 0.894. The van der Waals surface area contributed by atoms with Gasteiger partial charge in [-0.1, -0.05) is 19.3 Å². The molecule has 2 saturated carbocycles. The number of amides is 1. The number of rotatable bonds is 5. The van der Waals surface area contributed by atoms with E-state index in [1.54, 1.807) is 19.2 Å². The second-order valence-corrected chi connectivity index (χ2v) is 9.31. The first-order valence-corrected chi connectivity index (χ1v) is 10.0. The van der Waals surface area contributed by atoms with E-state index in [1.165, 1.54) is 0 Å². The molecule has 1 heterocycles. The van der Waals surface area contributed by atoms with Crippen LogP contribution in [0.3, 0.4) is 0 Å². The normalized spacial score (nSPS) is 21.1. The minimum Gasteiger partial charge on any atom is -0.366 e. The minimum absolute atomic E-state index is 0.229. The Hall–Kier alpha value is -1.43. The van der Waals surface area contributed by atoms with Gasteiger partial charge < -0.3 is 5.73 Å². The van der Waals surface area contributed by atoms with E-state index in [0.29, 0.717) is 35.6 Å². The Balaban J connectivity index is 2.17. The van der Waals surface area contributed by atoms with Crippen molar-refractivity contribution in [3.05, 3.63) is 29.1 Å². The highest BCUT2D eigenvalue weighted by Gasteiger charge is 2.49. The lowest BCUT2D eigenvalue weighted by Gasteiger charge is -2.38. The summed E-state index contributed by atoms with van der Waals surface area (Å²) in [6, 6.07) is 1.70. The molecule has 0 aromatic carbocycles. The number of nitrogens with two attached hydrogens (primary N) is 1. The smallest absolute Gasteiger partial charge is 0.250 e. The Labute approximate surface area is 137 Å². The SMILES string of the molecule is Cc1nccc(C2(S(=O)(=O)CC3CC3)CCCCC2)c1C(N)=O. The molecule has 2 aliphatic rings. The number of aryl methyl sites for hydroxylation is 1. The number of pyridine rings is 1. The van der Waals surface area contributed by atoms with Crippen LogP contribution >= 0.6 is 0 Å². The maximum absolute atomic E-state index is 13.3. The summed E-state index contributed by atoms with van der Waals surface area (Å²) < 4.78 is 25.6. The molecular weight excluding hydrogens is 312 g/mol. The Kier molecular flexibility index (Phi) is 4.21. The molecule has 1 amide bonds. The van der Waals surface area contributed by atoms with Gasteiger partial charge in [-0.05, 0) is 50.2 Å². The highest BCUT2D eigenvalue weighted by atomic mass is 32.2. The Morgan fingerprint density at radius 1 is 1.30 bits per heavy atom. The molecule has 1 aromatic heterocycles. The average Bonchev–Trinajstić information content (AvgIpc) is 3.30. The number of aromatic nitrogens is 1. The summed E-state index contributed by atoms with van der Waals surface area (Å²) in [6.07, 6.45) is 7.50. The number of sulfone groups is 1. The fraction of sp³-hybridized carbons (Fsp3) is 0.647. The lowest BCUT2D eigenvalue weighted by atomic mass is 9.81. The number of carbonyl (C=O) groups is 1. The van der Waals surface area contributed by atoms with Crippen molar-refractivity contribution in [2.45, 2.75) is 56.6 Å². The monoisotopic (exact) mass is 336 g/mol. The summed E-state index contributed by atoms with van der Waals surface area (Å²) >= 11 is 0. The van der Waals surface area contributed by atoms with Crippen LogP contribution in [0.15, 0.2) is 12.3 Å². The first kappa shape index (κ1) is 16.4. The van der Waals surface area contributed by atoms with Gasteiger partial charge in [-0.25, -0.2) is 8.42 Å². The van der Waals surface area contributed by atoms with Crippen molar-refractivity contribution in [3.63, 3.8) is 0 Å². The van der Waals surface area contributed by atoms with Crippen molar-refractivity contribution in [2.24, 2.45) is 11.7 Å². The zero-order valence-electron chi connectivity index (χ0n) is 13.5. The van der Waals surface area contributed by atoms with Crippen molar-refractivity contribution < 1.29 is 13.2 Å². The predicted octanol–water partition coefficient (Wildman–Crippen LogP) is 2.47. The zero-order chi connectivity index (χ0) is 16.7. The first-order valence-electron chi connectivity index (χ1n) is 8.35. The fourth-order valence-corrected chi connectivity index (χ4v) is 6.57. The van der Waals surface area contributed by atoms with E-state index >= 15 is 0 Å². The zero-order valence-corrected chi connectivity index (χ0v) is 14.4. The highest BCUT2D eigenvalue weighted by molar-refractivity contribution is 7.92. The molecule has 2 fully saturated rings. The van der Waals surface area contributed by atoms with Gasteiger partial charge in [0.2, 0.25) is 0 Å². The number of carbonyl (C=O) groups excluding carboxylic acids is 1. The third-order valence-corrected chi connectivity index (χ3v) is 8.02. The fourth-order valence-electron chi connectivity index (χ4n) is 3.88. The lowest BCUT2D eigenvalue weighted by molar-refractivity contribution is 0.0997. The van der Waals surface area contributed by atoms with Gasteiger partial charge in [0.15, 0.2) is 9.84 Å². The molecular formula is C17H24N2O3S. The Bertz CT molecular complexity index is 717. The topological polar surface area (TPSA) is 90.1 Å². The van der Waals surface area contributed by atoms with Crippen LogP contribution in [-0.2, 0) is 14.6 Å². The van der Waals surface area contributed by atoms with Crippen molar-refractivity contribution in [3.8, 4) is 0 Å². The van der Waals surface area contributed by atoms with E-state index in [-0.39, 0.29) is 5.75 Å². The van der Waals surface area contributed by atoms with Gasteiger partial charge in [0, 0.05) is 6.20 Å². The molecule has 0 atom stereocenters. The molecule has 5 nitrogen and oxygen atoms in total. The molecule has 23 heavy (non-hydrogen) atoms. The standard InChI is InChI=1S/C17H24N2O3S/c1-12-15(16(18)20)14(7-10-19-12)17(8-3-2-4-9-17)23(21,22)11-13-5-6-13/h7,10,13H,2-6,8-9,11H2,1H3,(H2,18,20). The maximum Gasteiger partial charge on any atom is 0.250 e. The van der Waals surface area contributed by atoms with Gasteiger partial charge in [-0.2, -0.15) is 0 Å². The second kappa shape index (κ2) is 5.89. The Morgan fingerprint density at radius 2 is 1.96 bits per heavy atom. The van der Waals surface area contributed by atoms with Crippen molar-refractivity contribution in [1.29, 1.82) is 0 Å². The number of primary amides is 1. The van der Waals surface area contributed by atoms with Crippen LogP contribution in [0.4, 0.5) is 0 Å². The Morgan fingerprint density at radius 3 is 2.52 bits per heavy atom. The molecule has 3 rings (SSSR count). The van der Waals surface area contributed by atoms with Crippen LogP contribution in [0.5, 0.6) is 0 Å². The summed E-state index contributed by atoms with van der Waals surface area (Å²) in [5.41, 5.74) is 6.96. The van der Waals surface area contributed by atoms with Crippen LogP contribution in [0.1, 0.15) is 66.6 Å². The van der Waals surface area contributed by atoms with Crippen LogP contribution in [-0.4, -0.2) is 25.1 Å². The first-order chi connectivity index (χ1) is 10.9. The van der Waals surface area contributed by atoms with Crippen molar-refractivity contribution >= 4 is 15.7 Å². The third kappa shape index (κ3) is 2.89. The van der Waals surface area contributed by atoms with Crippen molar-refractivity contribution in [1.82, 2.24) is 4.98 Å². The summed E-state index contributed by atoms with van der Waals surface area (Å²) in [4.78, 5) is 16.1. The van der Waals surface area contributed by atoms with Gasteiger partial charge in [-0.3, -0.25) is 9.78 Å².